The van der Waals surface area contributed by atoms with Crippen LogP contribution in [0.1, 0.15) is 56.2 Å². The lowest BCUT2D eigenvalue weighted by atomic mass is 9.92. The minimum Gasteiger partial charge on any atom is -0.349 e. The molecule has 136 valence electrons. The number of carbonyl (C=O) groups is 2. The molecule has 1 aromatic rings. The van der Waals surface area contributed by atoms with Crippen LogP contribution in [0, 0.1) is 0 Å². The van der Waals surface area contributed by atoms with Crippen molar-refractivity contribution in [2.75, 3.05) is 6.54 Å². The first-order valence-electron chi connectivity index (χ1n) is 8.62. The summed E-state index contributed by atoms with van der Waals surface area (Å²) in [5.74, 6) is -0.100. The third kappa shape index (κ3) is 4.05. The lowest BCUT2D eigenvalue weighted by Crippen LogP contribution is -2.52. The van der Waals surface area contributed by atoms with E-state index in [9.17, 15) is 9.59 Å². The summed E-state index contributed by atoms with van der Waals surface area (Å²) in [6.45, 7) is 2.00. The van der Waals surface area contributed by atoms with Gasteiger partial charge in [-0.15, -0.1) is 12.4 Å². The molecule has 1 aliphatic carbocycles. The summed E-state index contributed by atoms with van der Waals surface area (Å²) in [6.07, 6.45) is 8.03. The standard InChI is InChI=1S/C19H25N3O2.ClH/c1-14(23)22-11-8-15-6-2-3-7-16(15)17(22)12-18(24)21-19(13-20)9-4-5-10-19;/h2-3,6-8,11,17H,4-5,9-10,12-13,20H2,1H3,(H,21,24);1H. The SMILES string of the molecule is CC(=O)N1C=Cc2ccccc2C1CC(=O)NC1(CN)CCCC1.Cl. The number of rotatable bonds is 4. The molecular weight excluding hydrogens is 338 g/mol. The van der Waals surface area contributed by atoms with E-state index in [-0.39, 0.29) is 42.2 Å². The lowest BCUT2D eigenvalue weighted by Gasteiger charge is -2.34. The molecule has 2 aliphatic rings. The summed E-state index contributed by atoms with van der Waals surface area (Å²) in [5, 5.41) is 3.15. The van der Waals surface area contributed by atoms with Crippen LogP contribution in [0.2, 0.25) is 0 Å². The summed E-state index contributed by atoms with van der Waals surface area (Å²) in [4.78, 5) is 26.3. The Morgan fingerprint density at radius 3 is 2.60 bits per heavy atom. The van der Waals surface area contributed by atoms with Crippen LogP contribution in [0.15, 0.2) is 30.5 Å². The van der Waals surface area contributed by atoms with Gasteiger partial charge in [0.1, 0.15) is 0 Å². The maximum atomic E-state index is 12.7. The molecule has 3 rings (SSSR count). The van der Waals surface area contributed by atoms with Crippen LogP contribution >= 0.6 is 12.4 Å². The quantitative estimate of drug-likeness (QED) is 0.863. The molecule has 1 saturated carbocycles. The number of carbonyl (C=O) groups excluding carboxylic acids is 2. The van der Waals surface area contributed by atoms with Crippen LogP contribution in [0.5, 0.6) is 0 Å². The number of benzene rings is 1. The molecule has 1 unspecified atom stereocenters. The van der Waals surface area contributed by atoms with Crippen molar-refractivity contribution in [1.82, 2.24) is 10.2 Å². The number of nitrogens with zero attached hydrogens (tertiary/aromatic N) is 1. The summed E-state index contributed by atoms with van der Waals surface area (Å²) in [5.41, 5.74) is 7.72. The Bertz CT molecular complexity index is 668. The van der Waals surface area contributed by atoms with Crippen molar-refractivity contribution < 1.29 is 9.59 Å². The number of hydrogen-bond donors (Lipinski definition) is 2. The van der Waals surface area contributed by atoms with Crippen LogP contribution in [-0.4, -0.2) is 28.8 Å². The lowest BCUT2D eigenvalue weighted by molar-refractivity contribution is -0.130. The second-order valence-electron chi connectivity index (χ2n) is 6.83. The van der Waals surface area contributed by atoms with Gasteiger partial charge < -0.3 is 16.0 Å². The average Bonchev–Trinajstić information content (AvgIpc) is 3.03. The third-order valence-corrected chi connectivity index (χ3v) is 5.20. The van der Waals surface area contributed by atoms with E-state index in [0.29, 0.717) is 6.54 Å². The minimum absolute atomic E-state index is 0. The van der Waals surface area contributed by atoms with Crippen molar-refractivity contribution in [1.29, 1.82) is 0 Å². The number of fused-ring (bicyclic) bond motifs is 1. The normalized spacial score (nSPS) is 20.6. The summed E-state index contributed by atoms with van der Waals surface area (Å²) >= 11 is 0. The van der Waals surface area contributed by atoms with Gasteiger partial charge in [-0.05, 0) is 30.0 Å². The molecule has 1 aromatic carbocycles. The zero-order valence-corrected chi connectivity index (χ0v) is 15.3. The molecule has 6 heteroatoms. The van der Waals surface area contributed by atoms with Gasteiger partial charge in [0.2, 0.25) is 11.8 Å². The first-order valence-corrected chi connectivity index (χ1v) is 8.62. The Morgan fingerprint density at radius 1 is 1.28 bits per heavy atom. The summed E-state index contributed by atoms with van der Waals surface area (Å²) in [6, 6.07) is 7.64. The van der Waals surface area contributed by atoms with Gasteiger partial charge in [-0.2, -0.15) is 0 Å². The Morgan fingerprint density at radius 2 is 1.96 bits per heavy atom. The molecule has 1 heterocycles. The fraction of sp³-hybridized carbons (Fsp3) is 0.474. The van der Waals surface area contributed by atoms with Crippen LogP contribution in [0.3, 0.4) is 0 Å². The van der Waals surface area contributed by atoms with Crippen LogP contribution < -0.4 is 11.1 Å². The molecule has 0 bridgehead atoms. The van der Waals surface area contributed by atoms with Gasteiger partial charge in [0, 0.05) is 19.7 Å². The molecule has 1 atom stereocenters. The minimum atomic E-state index is -0.264. The van der Waals surface area contributed by atoms with E-state index in [1.54, 1.807) is 11.1 Å². The molecule has 0 radical (unpaired) electrons. The van der Waals surface area contributed by atoms with Gasteiger partial charge in [0.05, 0.1) is 18.0 Å². The van der Waals surface area contributed by atoms with E-state index in [0.717, 1.165) is 36.8 Å². The van der Waals surface area contributed by atoms with Crippen molar-refractivity contribution in [2.24, 2.45) is 5.73 Å². The number of nitrogens with two attached hydrogens (primary N) is 1. The van der Waals surface area contributed by atoms with Gasteiger partial charge in [-0.1, -0.05) is 37.1 Å². The molecule has 0 spiro atoms. The van der Waals surface area contributed by atoms with Crippen molar-refractivity contribution in [3.05, 3.63) is 41.6 Å². The molecule has 3 N–H and O–H groups in total. The number of halogens is 1. The fourth-order valence-corrected chi connectivity index (χ4v) is 3.87. The van der Waals surface area contributed by atoms with E-state index >= 15 is 0 Å². The van der Waals surface area contributed by atoms with Gasteiger partial charge in [-0.3, -0.25) is 9.59 Å². The van der Waals surface area contributed by atoms with E-state index in [1.807, 2.05) is 30.3 Å². The largest absolute Gasteiger partial charge is 0.349 e. The Labute approximate surface area is 155 Å². The predicted molar refractivity (Wildman–Crippen MR) is 101 cm³/mol. The molecule has 1 fully saturated rings. The Hall–Kier alpha value is -1.85. The second kappa shape index (κ2) is 8.02. The van der Waals surface area contributed by atoms with Crippen LogP contribution in [-0.2, 0) is 9.59 Å². The van der Waals surface area contributed by atoms with Crippen LogP contribution in [0.4, 0.5) is 0 Å². The first kappa shape index (κ1) is 19.5. The van der Waals surface area contributed by atoms with Gasteiger partial charge in [0.15, 0.2) is 0 Å². The molecule has 0 aromatic heterocycles. The fourth-order valence-electron chi connectivity index (χ4n) is 3.87. The highest BCUT2D eigenvalue weighted by Crippen LogP contribution is 2.34. The maximum Gasteiger partial charge on any atom is 0.223 e. The summed E-state index contributed by atoms with van der Waals surface area (Å²) in [7, 11) is 0. The molecule has 5 nitrogen and oxygen atoms in total. The van der Waals surface area contributed by atoms with E-state index in [1.165, 1.54) is 6.92 Å². The topological polar surface area (TPSA) is 75.4 Å². The van der Waals surface area contributed by atoms with Crippen LogP contribution in [0.25, 0.3) is 6.08 Å². The van der Waals surface area contributed by atoms with Crippen molar-refractivity contribution in [2.45, 2.75) is 50.6 Å². The zero-order valence-electron chi connectivity index (χ0n) is 14.5. The number of nitrogens with one attached hydrogen (secondary N) is 1. The summed E-state index contributed by atoms with van der Waals surface area (Å²) < 4.78 is 0. The highest BCUT2D eigenvalue weighted by atomic mass is 35.5. The van der Waals surface area contributed by atoms with E-state index < -0.39 is 0 Å². The average molecular weight is 364 g/mol. The Balaban J connectivity index is 0.00000225. The third-order valence-electron chi connectivity index (χ3n) is 5.20. The molecular formula is C19H26ClN3O2. The number of amides is 2. The highest BCUT2D eigenvalue weighted by Gasteiger charge is 2.35. The molecule has 25 heavy (non-hydrogen) atoms. The monoisotopic (exact) mass is 363 g/mol. The van der Waals surface area contributed by atoms with Crippen molar-refractivity contribution in [3.8, 4) is 0 Å². The zero-order chi connectivity index (χ0) is 17.2. The smallest absolute Gasteiger partial charge is 0.223 e. The van der Waals surface area contributed by atoms with Crippen molar-refractivity contribution in [3.63, 3.8) is 0 Å². The second-order valence-corrected chi connectivity index (χ2v) is 6.83. The predicted octanol–water partition coefficient (Wildman–Crippen LogP) is 2.76. The van der Waals surface area contributed by atoms with Crippen molar-refractivity contribution >= 4 is 30.3 Å². The highest BCUT2D eigenvalue weighted by molar-refractivity contribution is 5.85. The van der Waals surface area contributed by atoms with Gasteiger partial charge in [-0.25, -0.2) is 0 Å². The van der Waals surface area contributed by atoms with Gasteiger partial charge >= 0.3 is 0 Å². The van der Waals surface area contributed by atoms with E-state index in [4.69, 9.17) is 5.73 Å². The number of hydrogen-bond acceptors (Lipinski definition) is 3. The van der Waals surface area contributed by atoms with E-state index in [2.05, 4.69) is 5.32 Å². The first-order chi connectivity index (χ1) is 11.5. The Kier molecular flexibility index (Phi) is 6.25. The molecule has 0 saturated heterocycles. The maximum absolute atomic E-state index is 12.7. The van der Waals surface area contributed by atoms with Gasteiger partial charge in [0.25, 0.3) is 0 Å². The molecule has 2 amide bonds. The molecule has 1 aliphatic heterocycles.